The lowest BCUT2D eigenvalue weighted by Gasteiger charge is -2.07. The average Bonchev–Trinajstić information content (AvgIpc) is 3.19. The zero-order valence-electron chi connectivity index (χ0n) is 14.5. The molecule has 0 atom stereocenters. The largest absolute Gasteiger partial charge is 0.322 e. The average molecular weight is 425 g/mol. The normalized spacial score (nSPS) is 10.6. The topological polar surface area (TPSA) is 42.0 Å². The van der Waals surface area contributed by atoms with Gasteiger partial charge in [0.2, 0.25) is 0 Å². The van der Waals surface area contributed by atoms with E-state index in [0.717, 1.165) is 21.8 Å². The number of halogens is 2. The van der Waals surface area contributed by atoms with Crippen molar-refractivity contribution in [3.63, 3.8) is 0 Å². The van der Waals surface area contributed by atoms with Gasteiger partial charge in [0.15, 0.2) is 0 Å². The van der Waals surface area contributed by atoms with Crippen LogP contribution in [-0.4, -0.2) is 10.9 Å². The van der Waals surface area contributed by atoms with Crippen molar-refractivity contribution in [2.75, 3.05) is 5.32 Å². The summed E-state index contributed by atoms with van der Waals surface area (Å²) in [5, 5.41) is 7.05. The first-order valence-corrected chi connectivity index (χ1v) is 10.1. The Labute approximate surface area is 176 Å². The van der Waals surface area contributed by atoms with E-state index in [9.17, 15) is 4.79 Å². The lowest BCUT2D eigenvalue weighted by molar-refractivity contribution is 0.102. The van der Waals surface area contributed by atoms with Crippen molar-refractivity contribution in [3.05, 3.63) is 93.8 Å². The third-order valence-corrected chi connectivity index (χ3v) is 5.48. The van der Waals surface area contributed by atoms with Crippen LogP contribution in [0.5, 0.6) is 0 Å². The minimum atomic E-state index is -0.209. The number of carbonyl (C=O) groups is 1. The SMILES string of the molecule is O=C(Nc1cccc(-c2csc(-c3ccc(Cl)cc3)n2)c1)c1cccc(Cl)c1. The Morgan fingerprint density at radius 3 is 2.43 bits per heavy atom. The standard InChI is InChI=1S/C22H14Cl2N2OS/c23-17-9-7-14(8-10-17)22-26-20(13-28-22)15-3-2-6-19(12-15)25-21(27)16-4-1-5-18(24)11-16/h1-13H,(H,25,27). The molecule has 1 heterocycles. The molecule has 4 aromatic rings. The van der Waals surface area contributed by atoms with Gasteiger partial charge in [-0.25, -0.2) is 4.98 Å². The van der Waals surface area contributed by atoms with Crippen LogP contribution in [0, 0.1) is 0 Å². The minimum absolute atomic E-state index is 0.209. The zero-order valence-corrected chi connectivity index (χ0v) is 16.9. The van der Waals surface area contributed by atoms with E-state index in [1.54, 1.807) is 35.6 Å². The number of anilines is 1. The number of benzene rings is 3. The number of amides is 1. The van der Waals surface area contributed by atoms with Crippen LogP contribution in [-0.2, 0) is 0 Å². The summed E-state index contributed by atoms with van der Waals surface area (Å²) in [6.07, 6.45) is 0. The molecule has 0 bridgehead atoms. The molecule has 0 radical (unpaired) electrons. The number of hydrogen-bond donors (Lipinski definition) is 1. The maximum absolute atomic E-state index is 12.4. The number of hydrogen-bond acceptors (Lipinski definition) is 3. The second kappa shape index (κ2) is 8.15. The number of nitrogens with one attached hydrogen (secondary N) is 1. The second-order valence-corrected chi connectivity index (χ2v) is 7.82. The Bertz CT molecular complexity index is 1140. The summed E-state index contributed by atoms with van der Waals surface area (Å²) < 4.78 is 0. The number of rotatable bonds is 4. The molecule has 0 aliphatic heterocycles. The van der Waals surface area contributed by atoms with Gasteiger partial charge in [0.05, 0.1) is 5.69 Å². The molecule has 0 fully saturated rings. The van der Waals surface area contributed by atoms with E-state index >= 15 is 0 Å². The summed E-state index contributed by atoms with van der Waals surface area (Å²) in [5.41, 5.74) is 4.01. The predicted octanol–water partition coefficient (Wildman–Crippen LogP) is 7.04. The van der Waals surface area contributed by atoms with Crippen LogP contribution >= 0.6 is 34.5 Å². The second-order valence-electron chi connectivity index (χ2n) is 6.09. The third-order valence-electron chi connectivity index (χ3n) is 4.10. The first kappa shape index (κ1) is 18.7. The van der Waals surface area contributed by atoms with Gasteiger partial charge in [-0.15, -0.1) is 11.3 Å². The molecule has 4 rings (SSSR count). The predicted molar refractivity (Wildman–Crippen MR) is 117 cm³/mol. The minimum Gasteiger partial charge on any atom is -0.322 e. The number of carbonyl (C=O) groups excluding carboxylic acids is 1. The summed E-state index contributed by atoms with van der Waals surface area (Å²) in [6.45, 7) is 0. The Kier molecular flexibility index (Phi) is 5.44. The Balaban J connectivity index is 1.56. The molecule has 28 heavy (non-hydrogen) atoms. The smallest absolute Gasteiger partial charge is 0.255 e. The van der Waals surface area contributed by atoms with Gasteiger partial charge in [0.25, 0.3) is 5.91 Å². The Hall–Kier alpha value is -2.66. The number of nitrogens with zero attached hydrogens (tertiary/aromatic N) is 1. The van der Waals surface area contributed by atoms with E-state index in [1.807, 2.05) is 53.9 Å². The van der Waals surface area contributed by atoms with E-state index < -0.39 is 0 Å². The van der Waals surface area contributed by atoms with Gasteiger partial charge in [0, 0.05) is 37.8 Å². The highest BCUT2D eigenvalue weighted by molar-refractivity contribution is 7.13. The van der Waals surface area contributed by atoms with Crippen molar-refractivity contribution >= 4 is 46.1 Å². The molecule has 0 aliphatic rings. The molecule has 1 aromatic heterocycles. The highest BCUT2D eigenvalue weighted by Crippen LogP contribution is 2.30. The summed E-state index contributed by atoms with van der Waals surface area (Å²) in [4.78, 5) is 17.2. The van der Waals surface area contributed by atoms with Crippen molar-refractivity contribution < 1.29 is 4.79 Å². The van der Waals surface area contributed by atoms with Gasteiger partial charge >= 0.3 is 0 Å². The van der Waals surface area contributed by atoms with Crippen LogP contribution in [0.1, 0.15) is 10.4 Å². The third kappa shape index (κ3) is 4.25. The van der Waals surface area contributed by atoms with Gasteiger partial charge in [-0.1, -0.05) is 53.5 Å². The Morgan fingerprint density at radius 2 is 1.64 bits per heavy atom. The molecule has 0 unspecified atom stereocenters. The first-order chi connectivity index (χ1) is 13.6. The molecular weight excluding hydrogens is 411 g/mol. The van der Waals surface area contributed by atoms with E-state index in [4.69, 9.17) is 28.2 Å². The molecule has 3 nitrogen and oxygen atoms in total. The van der Waals surface area contributed by atoms with Crippen LogP contribution in [0.3, 0.4) is 0 Å². The molecule has 0 aliphatic carbocycles. The van der Waals surface area contributed by atoms with E-state index in [2.05, 4.69) is 5.32 Å². The van der Waals surface area contributed by atoms with Crippen molar-refractivity contribution in [3.8, 4) is 21.8 Å². The van der Waals surface area contributed by atoms with Gasteiger partial charge in [0.1, 0.15) is 5.01 Å². The van der Waals surface area contributed by atoms with Crippen LogP contribution in [0.15, 0.2) is 78.2 Å². The fourth-order valence-corrected chi connectivity index (χ4v) is 3.87. The molecule has 6 heteroatoms. The van der Waals surface area contributed by atoms with Crippen molar-refractivity contribution in [1.29, 1.82) is 0 Å². The van der Waals surface area contributed by atoms with Crippen LogP contribution in [0.2, 0.25) is 10.0 Å². The maximum Gasteiger partial charge on any atom is 0.255 e. The van der Waals surface area contributed by atoms with Crippen molar-refractivity contribution in [1.82, 2.24) is 4.98 Å². The maximum atomic E-state index is 12.4. The van der Waals surface area contributed by atoms with Gasteiger partial charge < -0.3 is 5.32 Å². The zero-order chi connectivity index (χ0) is 19.5. The van der Waals surface area contributed by atoms with Crippen molar-refractivity contribution in [2.45, 2.75) is 0 Å². The first-order valence-electron chi connectivity index (χ1n) is 8.47. The molecule has 3 aromatic carbocycles. The fraction of sp³-hybridized carbons (Fsp3) is 0. The lowest BCUT2D eigenvalue weighted by Crippen LogP contribution is -2.11. The fourth-order valence-electron chi connectivity index (χ4n) is 2.72. The quantitative estimate of drug-likeness (QED) is 0.381. The number of thiazole rings is 1. The monoisotopic (exact) mass is 424 g/mol. The van der Waals surface area contributed by atoms with E-state index in [1.165, 1.54) is 0 Å². The van der Waals surface area contributed by atoms with E-state index in [-0.39, 0.29) is 5.91 Å². The molecule has 138 valence electrons. The Morgan fingerprint density at radius 1 is 0.857 bits per heavy atom. The summed E-state index contributed by atoms with van der Waals surface area (Å²) in [7, 11) is 0. The summed E-state index contributed by atoms with van der Waals surface area (Å²) in [6, 6.07) is 22.1. The molecule has 0 saturated carbocycles. The van der Waals surface area contributed by atoms with E-state index in [0.29, 0.717) is 21.3 Å². The lowest BCUT2D eigenvalue weighted by atomic mass is 10.1. The highest BCUT2D eigenvalue weighted by atomic mass is 35.5. The van der Waals surface area contributed by atoms with Gasteiger partial charge in [-0.3, -0.25) is 4.79 Å². The summed E-state index contributed by atoms with van der Waals surface area (Å²) >= 11 is 13.5. The highest BCUT2D eigenvalue weighted by Gasteiger charge is 2.10. The summed E-state index contributed by atoms with van der Waals surface area (Å²) in [5.74, 6) is -0.209. The molecule has 1 amide bonds. The molecule has 0 saturated heterocycles. The van der Waals surface area contributed by atoms with Gasteiger partial charge in [-0.05, 0) is 42.5 Å². The van der Waals surface area contributed by atoms with Crippen LogP contribution < -0.4 is 5.32 Å². The molecule has 0 spiro atoms. The van der Waals surface area contributed by atoms with Crippen LogP contribution in [0.4, 0.5) is 5.69 Å². The van der Waals surface area contributed by atoms with Gasteiger partial charge in [-0.2, -0.15) is 0 Å². The molecular formula is C22H14Cl2N2OS. The van der Waals surface area contributed by atoms with Crippen LogP contribution in [0.25, 0.3) is 21.8 Å². The number of aromatic nitrogens is 1. The van der Waals surface area contributed by atoms with Crippen molar-refractivity contribution in [2.24, 2.45) is 0 Å². The molecule has 1 N–H and O–H groups in total.